The van der Waals surface area contributed by atoms with E-state index in [1.807, 2.05) is 24.5 Å². The number of methoxy groups -OCH3 is 1. The predicted octanol–water partition coefficient (Wildman–Crippen LogP) is 1.65. The summed E-state index contributed by atoms with van der Waals surface area (Å²) in [4.78, 5) is 4.35. The fourth-order valence-corrected chi connectivity index (χ4v) is 1.72. The van der Waals surface area contributed by atoms with Crippen LogP contribution in [0, 0.1) is 0 Å². The number of aromatic nitrogens is 2. The normalized spacial score (nSPS) is 10.9. The molecule has 0 radical (unpaired) electrons. The summed E-state index contributed by atoms with van der Waals surface area (Å²) < 4.78 is 7.35. The number of rotatable bonds is 5. The van der Waals surface area contributed by atoms with Gasteiger partial charge in [0.1, 0.15) is 5.75 Å². The van der Waals surface area contributed by atoms with Crippen LogP contribution in [0.25, 0.3) is 11.0 Å². The topological polar surface area (TPSA) is 39.1 Å². The molecule has 0 bridgehead atoms. The minimum Gasteiger partial charge on any atom is -0.497 e. The van der Waals surface area contributed by atoms with E-state index in [-0.39, 0.29) is 0 Å². The molecule has 0 fully saturated rings. The Morgan fingerprint density at radius 1 is 1.44 bits per heavy atom. The number of nitrogens with zero attached hydrogens (tertiary/aromatic N) is 2. The van der Waals surface area contributed by atoms with Gasteiger partial charge in [-0.15, -0.1) is 0 Å². The first kappa shape index (κ1) is 11.0. The van der Waals surface area contributed by atoms with Gasteiger partial charge >= 0.3 is 0 Å². The van der Waals surface area contributed by atoms with E-state index < -0.39 is 0 Å². The van der Waals surface area contributed by atoms with Crippen molar-refractivity contribution in [3.05, 3.63) is 24.5 Å². The molecule has 0 spiro atoms. The summed E-state index contributed by atoms with van der Waals surface area (Å²) in [6, 6.07) is 5.94. The highest BCUT2D eigenvalue weighted by atomic mass is 16.5. The van der Waals surface area contributed by atoms with Gasteiger partial charge in [-0.3, -0.25) is 0 Å². The highest BCUT2D eigenvalue weighted by Gasteiger charge is 2.03. The Bertz CT molecular complexity index is 464. The van der Waals surface area contributed by atoms with Crippen molar-refractivity contribution >= 4 is 11.0 Å². The minimum atomic E-state index is 0.873. The lowest BCUT2D eigenvalue weighted by molar-refractivity contribution is 0.415. The van der Waals surface area contributed by atoms with E-state index in [0.29, 0.717) is 0 Å². The molecule has 1 aromatic heterocycles. The zero-order valence-electron chi connectivity index (χ0n) is 9.73. The van der Waals surface area contributed by atoms with Crippen LogP contribution < -0.4 is 10.1 Å². The first-order chi connectivity index (χ1) is 7.85. The number of fused-ring (bicyclic) bond motifs is 1. The molecule has 4 heteroatoms. The minimum absolute atomic E-state index is 0.873. The summed E-state index contributed by atoms with van der Waals surface area (Å²) >= 11 is 0. The number of benzene rings is 1. The van der Waals surface area contributed by atoms with E-state index in [2.05, 4.69) is 21.8 Å². The molecular weight excluding hydrogens is 202 g/mol. The Balaban J connectivity index is 2.24. The summed E-state index contributed by atoms with van der Waals surface area (Å²) in [5.41, 5.74) is 2.13. The Morgan fingerprint density at radius 2 is 2.31 bits per heavy atom. The Morgan fingerprint density at radius 3 is 3.06 bits per heavy atom. The summed E-state index contributed by atoms with van der Waals surface area (Å²) in [6.07, 6.45) is 1.88. The maximum Gasteiger partial charge on any atom is 0.121 e. The van der Waals surface area contributed by atoms with Crippen molar-refractivity contribution in [2.45, 2.75) is 13.5 Å². The number of imidazole rings is 1. The second-order valence-electron chi connectivity index (χ2n) is 3.65. The average Bonchev–Trinajstić information content (AvgIpc) is 2.72. The summed E-state index contributed by atoms with van der Waals surface area (Å²) in [5, 5.41) is 3.30. The van der Waals surface area contributed by atoms with Crippen LogP contribution in [0.2, 0.25) is 0 Å². The zero-order valence-corrected chi connectivity index (χ0v) is 9.73. The second-order valence-corrected chi connectivity index (χ2v) is 3.65. The first-order valence-electron chi connectivity index (χ1n) is 5.54. The van der Waals surface area contributed by atoms with E-state index in [0.717, 1.165) is 36.4 Å². The molecule has 0 saturated heterocycles. The van der Waals surface area contributed by atoms with Gasteiger partial charge in [0, 0.05) is 19.2 Å². The molecule has 1 N–H and O–H groups in total. The lowest BCUT2D eigenvalue weighted by atomic mass is 10.3. The van der Waals surface area contributed by atoms with Crippen LogP contribution in [0.5, 0.6) is 5.75 Å². The molecule has 1 heterocycles. The Hall–Kier alpha value is -1.55. The average molecular weight is 219 g/mol. The quantitative estimate of drug-likeness (QED) is 0.777. The monoisotopic (exact) mass is 219 g/mol. The van der Waals surface area contributed by atoms with E-state index >= 15 is 0 Å². The summed E-state index contributed by atoms with van der Waals surface area (Å²) in [7, 11) is 1.68. The molecule has 86 valence electrons. The Kier molecular flexibility index (Phi) is 3.41. The third-order valence-electron chi connectivity index (χ3n) is 2.61. The van der Waals surface area contributed by atoms with Crippen molar-refractivity contribution in [3.8, 4) is 5.75 Å². The number of nitrogens with one attached hydrogen (secondary N) is 1. The van der Waals surface area contributed by atoms with Crippen LogP contribution >= 0.6 is 0 Å². The number of ether oxygens (including phenoxy) is 1. The van der Waals surface area contributed by atoms with Gasteiger partial charge < -0.3 is 14.6 Å². The molecular formula is C12H17N3O. The molecule has 2 aromatic rings. The third kappa shape index (κ3) is 2.17. The molecule has 1 aromatic carbocycles. The Labute approximate surface area is 95.2 Å². The highest BCUT2D eigenvalue weighted by molar-refractivity contribution is 5.77. The van der Waals surface area contributed by atoms with Gasteiger partial charge in [-0.05, 0) is 18.7 Å². The smallest absolute Gasteiger partial charge is 0.121 e. The van der Waals surface area contributed by atoms with Gasteiger partial charge in [0.15, 0.2) is 0 Å². The second kappa shape index (κ2) is 4.99. The lowest BCUT2D eigenvalue weighted by Crippen LogP contribution is -2.18. The largest absolute Gasteiger partial charge is 0.497 e. The SMILES string of the molecule is CCNCCn1cnc2ccc(OC)cc21. The molecule has 2 rings (SSSR count). The van der Waals surface area contributed by atoms with Crippen LogP contribution in [0.15, 0.2) is 24.5 Å². The molecule has 16 heavy (non-hydrogen) atoms. The van der Waals surface area contributed by atoms with Gasteiger partial charge in [-0.2, -0.15) is 0 Å². The van der Waals surface area contributed by atoms with Gasteiger partial charge in [-0.25, -0.2) is 4.98 Å². The fraction of sp³-hybridized carbons (Fsp3) is 0.417. The first-order valence-corrected chi connectivity index (χ1v) is 5.54. The van der Waals surface area contributed by atoms with Crippen LogP contribution in [0.1, 0.15) is 6.92 Å². The predicted molar refractivity (Wildman–Crippen MR) is 64.8 cm³/mol. The van der Waals surface area contributed by atoms with E-state index in [4.69, 9.17) is 4.74 Å². The number of hydrogen-bond acceptors (Lipinski definition) is 3. The van der Waals surface area contributed by atoms with E-state index in [1.54, 1.807) is 7.11 Å². The van der Waals surface area contributed by atoms with Crippen molar-refractivity contribution in [3.63, 3.8) is 0 Å². The highest BCUT2D eigenvalue weighted by Crippen LogP contribution is 2.19. The van der Waals surface area contributed by atoms with Gasteiger partial charge in [0.05, 0.1) is 24.5 Å². The number of hydrogen-bond donors (Lipinski definition) is 1. The third-order valence-corrected chi connectivity index (χ3v) is 2.61. The van der Waals surface area contributed by atoms with Crippen molar-refractivity contribution < 1.29 is 4.74 Å². The van der Waals surface area contributed by atoms with Crippen LogP contribution in [0.3, 0.4) is 0 Å². The molecule has 0 aliphatic rings. The fourth-order valence-electron chi connectivity index (χ4n) is 1.72. The number of likely N-dealkylation sites (N-methyl/N-ethyl adjacent to an activating group) is 1. The lowest BCUT2D eigenvalue weighted by Gasteiger charge is -2.05. The van der Waals surface area contributed by atoms with Gasteiger partial charge in [0.25, 0.3) is 0 Å². The molecule has 0 aliphatic carbocycles. The van der Waals surface area contributed by atoms with Crippen LogP contribution in [-0.2, 0) is 6.54 Å². The summed E-state index contributed by atoms with van der Waals surface area (Å²) in [5.74, 6) is 0.873. The zero-order chi connectivity index (χ0) is 11.4. The van der Waals surface area contributed by atoms with E-state index in [9.17, 15) is 0 Å². The van der Waals surface area contributed by atoms with E-state index in [1.165, 1.54) is 0 Å². The van der Waals surface area contributed by atoms with Crippen molar-refractivity contribution in [2.24, 2.45) is 0 Å². The van der Waals surface area contributed by atoms with Gasteiger partial charge in [0.2, 0.25) is 0 Å². The molecule has 0 amide bonds. The molecule has 0 aliphatic heterocycles. The van der Waals surface area contributed by atoms with Gasteiger partial charge in [-0.1, -0.05) is 6.92 Å². The molecule has 0 atom stereocenters. The van der Waals surface area contributed by atoms with Crippen LogP contribution in [0.4, 0.5) is 0 Å². The van der Waals surface area contributed by atoms with Crippen LogP contribution in [-0.4, -0.2) is 29.8 Å². The standard InChI is InChI=1S/C12H17N3O/c1-3-13-6-7-15-9-14-11-5-4-10(16-2)8-12(11)15/h4-5,8-9,13H,3,6-7H2,1-2H3. The van der Waals surface area contributed by atoms with Crippen molar-refractivity contribution in [1.29, 1.82) is 0 Å². The summed E-state index contributed by atoms with van der Waals surface area (Å²) in [6.45, 7) is 4.99. The van der Waals surface area contributed by atoms with Crippen molar-refractivity contribution in [1.82, 2.24) is 14.9 Å². The molecule has 0 saturated carbocycles. The van der Waals surface area contributed by atoms with Crippen molar-refractivity contribution in [2.75, 3.05) is 20.2 Å². The maximum absolute atomic E-state index is 5.22. The molecule has 4 nitrogen and oxygen atoms in total. The molecule has 0 unspecified atom stereocenters. The maximum atomic E-state index is 5.22.